The number of amides is 2. The summed E-state index contributed by atoms with van der Waals surface area (Å²) in [4.78, 5) is 29.1. The largest absolute Gasteiger partial charge is 0.351 e. The van der Waals surface area contributed by atoms with Crippen LogP contribution in [-0.2, 0) is 11.2 Å². The van der Waals surface area contributed by atoms with E-state index in [1.54, 1.807) is 17.6 Å². The molecule has 5 nitrogen and oxygen atoms in total. The van der Waals surface area contributed by atoms with Crippen molar-refractivity contribution in [3.63, 3.8) is 0 Å². The maximum absolute atomic E-state index is 12.0. The van der Waals surface area contributed by atoms with E-state index in [0.29, 0.717) is 17.1 Å². The molecule has 0 aliphatic heterocycles. The molecule has 8 heteroatoms. The Morgan fingerprint density at radius 1 is 1.26 bits per heavy atom. The van der Waals surface area contributed by atoms with Crippen LogP contribution in [0, 0.1) is 6.92 Å². The second-order valence-corrected chi connectivity index (χ2v) is 8.26. The summed E-state index contributed by atoms with van der Waals surface area (Å²) in [5, 5.41) is 10.4. The van der Waals surface area contributed by atoms with Crippen LogP contribution in [0.3, 0.4) is 0 Å². The van der Waals surface area contributed by atoms with E-state index in [-0.39, 0.29) is 24.8 Å². The van der Waals surface area contributed by atoms with Crippen molar-refractivity contribution in [2.24, 2.45) is 0 Å². The van der Waals surface area contributed by atoms with Gasteiger partial charge in [-0.2, -0.15) is 11.3 Å². The molecule has 0 atom stereocenters. The van der Waals surface area contributed by atoms with Crippen LogP contribution in [-0.4, -0.2) is 23.3 Å². The maximum atomic E-state index is 12.0. The van der Waals surface area contributed by atoms with E-state index in [4.69, 9.17) is 11.6 Å². The zero-order chi connectivity index (χ0) is 19.2. The summed E-state index contributed by atoms with van der Waals surface area (Å²) in [6, 6.07) is 7.73. The van der Waals surface area contributed by atoms with Crippen molar-refractivity contribution in [2.75, 3.05) is 11.9 Å². The van der Waals surface area contributed by atoms with Gasteiger partial charge < -0.3 is 10.6 Å². The Morgan fingerprint density at radius 2 is 2.11 bits per heavy atom. The Morgan fingerprint density at radius 3 is 2.85 bits per heavy atom. The number of hydrogen-bond acceptors (Lipinski definition) is 5. The van der Waals surface area contributed by atoms with Crippen molar-refractivity contribution in [1.82, 2.24) is 10.3 Å². The molecule has 1 aromatic carbocycles. The highest BCUT2D eigenvalue weighted by atomic mass is 35.5. The average molecular weight is 420 g/mol. The standard InChI is InChI=1S/C19H18ClN3O2S2/c1-12-2-3-13(9-16(12)20)8-15-10-22-19(27-15)23-17(24)4-6-21-18(25)14-5-7-26-11-14/h2-3,5,7,9-11H,4,6,8H2,1H3,(H,21,25)(H,22,23,24). The zero-order valence-corrected chi connectivity index (χ0v) is 17.0. The first-order valence-corrected chi connectivity index (χ1v) is 10.4. The molecule has 27 heavy (non-hydrogen) atoms. The van der Waals surface area contributed by atoms with Crippen molar-refractivity contribution >= 4 is 51.2 Å². The Balaban J connectivity index is 1.46. The quantitative estimate of drug-likeness (QED) is 0.591. The summed E-state index contributed by atoms with van der Waals surface area (Å²) in [7, 11) is 0. The Bertz CT molecular complexity index is 938. The molecule has 0 aliphatic carbocycles. The lowest BCUT2D eigenvalue weighted by Crippen LogP contribution is -2.27. The molecule has 2 aromatic heterocycles. The van der Waals surface area contributed by atoms with Gasteiger partial charge in [-0.1, -0.05) is 23.7 Å². The summed E-state index contributed by atoms with van der Waals surface area (Å²) in [6.45, 7) is 2.25. The van der Waals surface area contributed by atoms with E-state index < -0.39 is 0 Å². The fourth-order valence-corrected chi connectivity index (χ4v) is 4.06. The van der Waals surface area contributed by atoms with Crippen LogP contribution in [0.15, 0.2) is 41.2 Å². The fourth-order valence-electron chi connectivity index (χ4n) is 2.36. The van der Waals surface area contributed by atoms with Crippen LogP contribution >= 0.6 is 34.3 Å². The first kappa shape index (κ1) is 19.5. The van der Waals surface area contributed by atoms with Gasteiger partial charge in [-0.25, -0.2) is 4.98 Å². The summed E-state index contributed by atoms with van der Waals surface area (Å²) in [5.41, 5.74) is 2.76. The summed E-state index contributed by atoms with van der Waals surface area (Å²) in [6.07, 6.45) is 2.66. The first-order chi connectivity index (χ1) is 13.0. The second-order valence-electron chi connectivity index (χ2n) is 5.96. The molecular formula is C19H18ClN3O2S2. The molecule has 3 rings (SSSR count). The number of benzene rings is 1. The molecular weight excluding hydrogens is 402 g/mol. The monoisotopic (exact) mass is 419 g/mol. The number of rotatable bonds is 7. The smallest absolute Gasteiger partial charge is 0.252 e. The molecule has 140 valence electrons. The van der Waals surface area contributed by atoms with E-state index in [9.17, 15) is 9.59 Å². The highest BCUT2D eigenvalue weighted by Gasteiger charge is 2.10. The zero-order valence-electron chi connectivity index (χ0n) is 14.6. The number of halogens is 1. The molecule has 0 aliphatic rings. The van der Waals surface area contributed by atoms with Gasteiger partial charge in [0.1, 0.15) is 0 Å². The molecule has 0 radical (unpaired) electrons. The molecule has 2 heterocycles. The van der Waals surface area contributed by atoms with E-state index in [2.05, 4.69) is 15.6 Å². The minimum atomic E-state index is -0.181. The molecule has 2 amide bonds. The molecule has 0 spiro atoms. The third kappa shape index (κ3) is 5.63. The third-order valence-electron chi connectivity index (χ3n) is 3.84. The molecule has 3 aromatic rings. The van der Waals surface area contributed by atoms with Crippen LogP contribution in [0.25, 0.3) is 0 Å². The number of aromatic nitrogens is 1. The third-order valence-corrected chi connectivity index (χ3v) is 5.84. The van der Waals surface area contributed by atoms with Crippen LogP contribution in [0.4, 0.5) is 5.13 Å². The number of thiophene rings is 1. The summed E-state index contributed by atoms with van der Waals surface area (Å²) in [5.74, 6) is -0.350. The van der Waals surface area contributed by atoms with E-state index in [1.165, 1.54) is 22.7 Å². The summed E-state index contributed by atoms with van der Waals surface area (Å²) >= 11 is 9.05. The van der Waals surface area contributed by atoms with Crippen molar-refractivity contribution < 1.29 is 9.59 Å². The average Bonchev–Trinajstić information content (AvgIpc) is 3.30. The molecule has 0 bridgehead atoms. The Kier molecular flexibility index (Phi) is 6.60. The van der Waals surface area contributed by atoms with Crippen LogP contribution < -0.4 is 10.6 Å². The van der Waals surface area contributed by atoms with E-state index in [0.717, 1.165) is 21.0 Å². The number of thiazole rings is 1. The number of carbonyl (C=O) groups excluding carboxylic acids is 2. The van der Waals surface area contributed by atoms with Gasteiger partial charge in [0.2, 0.25) is 5.91 Å². The minimum Gasteiger partial charge on any atom is -0.351 e. The SMILES string of the molecule is Cc1ccc(Cc2cnc(NC(=O)CCNC(=O)c3ccsc3)s2)cc1Cl. The first-order valence-electron chi connectivity index (χ1n) is 8.31. The number of aryl methyl sites for hydroxylation is 1. The van der Waals surface area contributed by atoms with Gasteiger partial charge in [-0.15, -0.1) is 11.3 Å². The van der Waals surface area contributed by atoms with Crippen molar-refractivity contribution in [3.8, 4) is 0 Å². The lowest BCUT2D eigenvalue weighted by atomic mass is 10.1. The molecule has 0 saturated carbocycles. The normalized spacial score (nSPS) is 10.6. The maximum Gasteiger partial charge on any atom is 0.252 e. The molecule has 0 saturated heterocycles. The lowest BCUT2D eigenvalue weighted by Gasteiger charge is -2.04. The van der Waals surface area contributed by atoms with Gasteiger partial charge in [0.25, 0.3) is 5.91 Å². The van der Waals surface area contributed by atoms with Gasteiger partial charge >= 0.3 is 0 Å². The van der Waals surface area contributed by atoms with E-state index >= 15 is 0 Å². The number of hydrogen-bond donors (Lipinski definition) is 2. The highest BCUT2D eigenvalue weighted by molar-refractivity contribution is 7.15. The topological polar surface area (TPSA) is 71.1 Å². The van der Waals surface area contributed by atoms with E-state index in [1.807, 2.05) is 30.5 Å². The van der Waals surface area contributed by atoms with Gasteiger partial charge in [0.05, 0.1) is 0 Å². The Labute approximate surface area is 170 Å². The van der Waals surface area contributed by atoms with Crippen LogP contribution in [0.1, 0.15) is 32.8 Å². The minimum absolute atomic E-state index is 0.169. The van der Waals surface area contributed by atoms with Gasteiger partial charge in [-0.05, 0) is 35.6 Å². The van der Waals surface area contributed by atoms with Gasteiger partial charge in [0.15, 0.2) is 5.13 Å². The predicted molar refractivity (Wildman–Crippen MR) is 111 cm³/mol. The predicted octanol–water partition coefficient (Wildman–Crippen LogP) is 4.52. The number of carbonyl (C=O) groups is 2. The van der Waals surface area contributed by atoms with Crippen LogP contribution in [0.2, 0.25) is 5.02 Å². The van der Waals surface area contributed by atoms with Crippen molar-refractivity contribution in [3.05, 3.63) is 67.8 Å². The fraction of sp³-hybridized carbons (Fsp3) is 0.211. The number of anilines is 1. The molecule has 2 N–H and O–H groups in total. The van der Waals surface area contributed by atoms with Gasteiger partial charge in [0, 0.05) is 46.4 Å². The lowest BCUT2D eigenvalue weighted by molar-refractivity contribution is -0.116. The van der Waals surface area contributed by atoms with Crippen molar-refractivity contribution in [1.29, 1.82) is 0 Å². The highest BCUT2D eigenvalue weighted by Crippen LogP contribution is 2.24. The van der Waals surface area contributed by atoms with Gasteiger partial charge in [-0.3, -0.25) is 9.59 Å². The molecule has 0 unspecified atom stereocenters. The summed E-state index contributed by atoms with van der Waals surface area (Å²) < 4.78 is 0. The Hall–Kier alpha value is -2.22. The van der Waals surface area contributed by atoms with Crippen molar-refractivity contribution in [2.45, 2.75) is 19.8 Å². The second kappa shape index (κ2) is 9.12. The van der Waals surface area contributed by atoms with Crippen LogP contribution in [0.5, 0.6) is 0 Å². The number of nitrogens with zero attached hydrogens (tertiary/aromatic N) is 1. The molecule has 0 fully saturated rings. The number of nitrogens with one attached hydrogen (secondary N) is 2.